The lowest BCUT2D eigenvalue weighted by atomic mass is 10.3. The van der Waals surface area contributed by atoms with Crippen molar-refractivity contribution < 1.29 is 14.0 Å². The summed E-state index contributed by atoms with van der Waals surface area (Å²) in [7, 11) is 0. The van der Waals surface area contributed by atoms with Crippen molar-refractivity contribution in [2.45, 2.75) is 12.8 Å². The van der Waals surface area contributed by atoms with Gasteiger partial charge in [0.05, 0.1) is 6.61 Å². The summed E-state index contributed by atoms with van der Waals surface area (Å²) in [6, 6.07) is 1.29. The molecule has 0 aromatic carbocycles. The standard InChI is InChI=1S/C9H10FNO2S/c10-7-3-6-14-8(7)9(12)11-4-1-2-5-13-11/h3,6H,1-2,4-5H2. The van der Waals surface area contributed by atoms with E-state index in [1.165, 1.54) is 11.1 Å². The first-order valence-corrected chi connectivity index (χ1v) is 5.35. The third-order valence-corrected chi connectivity index (χ3v) is 2.92. The van der Waals surface area contributed by atoms with E-state index in [4.69, 9.17) is 4.84 Å². The smallest absolute Gasteiger partial charge is 0.271 e. The molecule has 76 valence electrons. The minimum Gasteiger partial charge on any atom is -0.271 e. The fourth-order valence-electron chi connectivity index (χ4n) is 1.32. The van der Waals surface area contributed by atoms with Crippen molar-refractivity contribution in [3.63, 3.8) is 0 Å². The highest BCUT2D eigenvalue weighted by Crippen LogP contribution is 2.19. The van der Waals surface area contributed by atoms with E-state index in [1.807, 2.05) is 0 Å². The number of rotatable bonds is 1. The van der Waals surface area contributed by atoms with Crippen LogP contribution in [-0.4, -0.2) is 24.1 Å². The molecule has 0 radical (unpaired) electrons. The summed E-state index contributed by atoms with van der Waals surface area (Å²) < 4.78 is 13.1. The van der Waals surface area contributed by atoms with Gasteiger partial charge in [0, 0.05) is 6.54 Å². The van der Waals surface area contributed by atoms with E-state index >= 15 is 0 Å². The lowest BCUT2D eigenvalue weighted by Gasteiger charge is -2.25. The molecule has 1 amide bonds. The van der Waals surface area contributed by atoms with Crippen molar-refractivity contribution in [2.75, 3.05) is 13.2 Å². The summed E-state index contributed by atoms with van der Waals surface area (Å²) in [4.78, 5) is 16.9. The fourth-order valence-corrected chi connectivity index (χ4v) is 2.02. The number of nitrogens with zero attached hydrogens (tertiary/aromatic N) is 1. The van der Waals surface area contributed by atoms with Gasteiger partial charge in [-0.15, -0.1) is 11.3 Å². The highest BCUT2D eigenvalue weighted by atomic mass is 32.1. The number of thiophene rings is 1. The van der Waals surface area contributed by atoms with Crippen LogP contribution in [0.2, 0.25) is 0 Å². The van der Waals surface area contributed by atoms with E-state index in [1.54, 1.807) is 5.38 Å². The van der Waals surface area contributed by atoms with Gasteiger partial charge in [0.15, 0.2) is 0 Å². The maximum atomic E-state index is 13.1. The average Bonchev–Trinajstić information content (AvgIpc) is 2.65. The number of hydrogen-bond donors (Lipinski definition) is 0. The van der Waals surface area contributed by atoms with Crippen LogP contribution in [0.15, 0.2) is 11.4 Å². The zero-order chi connectivity index (χ0) is 9.97. The minimum atomic E-state index is -0.464. The zero-order valence-corrected chi connectivity index (χ0v) is 8.35. The van der Waals surface area contributed by atoms with E-state index in [0.717, 1.165) is 24.2 Å². The van der Waals surface area contributed by atoms with Gasteiger partial charge in [0.2, 0.25) is 0 Å². The van der Waals surface area contributed by atoms with Crippen LogP contribution >= 0.6 is 11.3 Å². The third-order valence-electron chi connectivity index (χ3n) is 2.04. The van der Waals surface area contributed by atoms with Gasteiger partial charge in [-0.1, -0.05) is 0 Å². The van der Waals surface area contributed by atoms with Crippen LogP contribution < -0.4 is 0 Å². The van der Waals surface area contributed by atoms with Crippen molar-refractivity contribution in [3.8, 4) is 0 Å². The highest BCUT2D eigenvalue weighted by Gasteiger charge is 2.23. The Morgan fingerprint density at radius 1 is 1.57 bits per heavy atom. The van der Waals surface area contributed by atoms with Gasteiger partial charge >= 0.3 is 0 Å². The predicted octanol–water partition coefficient (Wildman–Crippen LogP) is 2.05. The Balaban J connectivity index is 2.11. The van der Waals surface area contributed by atoms with Crippen LogP contribution in [0.25, 0.3) is 0 Å². The number of amides is 1. The van der Waals surface area contributed by atoms with Gasteiger partial charge in [-0.25, -0.2) is 9.45 Å². The Morgan fingerprint density at radius 2 is 2.43 bits per heavy atom. The molecule has 14 heavy (non-hydrogen) atoms. The van der Waals surface area contributed by atoms with Crippen molar-refractivity contribution in [2.24, 2.45) is 0 Å². The molecule has 3 nitrogen and oxygen atoms in total. The van der Waals surface area contributed by atoms with Gasteiger partial charge in [-0.3, -0.25) is 9.63 Å². The van der Waals surface area contributed by atoms with Gasteiger partial charge in [0.1, 0.15) is 10.7 Å². The second kappa shape index (κ2) is 4.06. The van der Waals surface area contributed by atoms with Gasteiger partial charge in [-0.05, 0) is 24.3 Å². The Bertz CT molecular complexity index is 333. The molecule has 1 fully saturated rings. The summed E-state index contributed by atoms with van der Waals surface area (Å²) in [5, 5.41) is 2.81. The molecular weight excluding hydrogens is 205 g/mol. The second-order valence-corrected chi connectivity index (χ2v) is 3.96. The molecule has 0 bridgehead atoms. The van der Waals surface area contributed by atoms with Crippen LogP contribution in [-0.2, 0) is 4.84 Å². The molecule has 0 saturated carbocycles. The van der Waals surface area contributed by atoms with E-state index in [9.17, 15) is 9.18 Å². The van der Waals surface area contributed by atoms with Gasteiger partial charge in [0.25, 0.3) is 5.91 Å². The summed E-state index contributed by atoms with van der Waals surface area (Å²) in [5.41, 5.74) is 0. The summed E-state index contributed by atoms with van der Waals surface area (Å²) >= 11 is 1.11. The summed E-state index contributed by atoms with van der Waals surface area (Å²) in [6.07, 6.45) is 1.87. The number of hydrogen-bond acceptors (Lipinski definition) is 3. The first-order chi connectivity index (χ1) is 6.79. The minimum absolute atomic E-state index is 0.131. The lowest BCUT2D eigenvalue weighted by molar-refractivity contribution is -0.144. The number of halogens is 1. The Kier molecular flexibility index (Phi) is 2.79. The molecule has 2 heterocycles. The topological polar surface area (TPSA) is 29.5 Å². The summed E-state index contributed by atoms with van der Waals surface area (Å²) in [5.74, 6) is -0.827. The Labute approximate surface area is 85.0 Å². The molecule has 0 unspecified atom stereocenters. The van der Waals surface area contributed by atoms with Gasteiger partial charge < -0.3 is 0 Å². The average molecular weight is 215 g/mol. The van der Waals surface area contributed by atoms with E-state index in [2.05, 4.69) is 0 Å². The first-order valence-electron chi connectivity index (χ1n) is 4.47. The van der Waals surface area contributed by atoms with Crippen molar-refractivity contribution in [1.82, 2.24) is 5.06 Å². The molecule has 1 aromatic heterocycles. The molecule has 0 aliphatic carbocycles. The molecule has 1 saturated heterocycles. The molecule has 0 spiro atoms. The molecule has 1 aromatic rings. The van der Waals surface area contributed by atoms with Crippen LogP contribution in [0.1, 0.15) is 22.5 Å². The Hall–Kier alpha value is -0.940. The largest absolute Gasteiger partial charge is 0.290 e. The highest BCUT2D eigenvalue weighted by molar-refractivity contribution is 7.12. The van der Waals surface area contributed by atoms with Crippen LogP contribution in [0.3, 0.4) is 0 Å². The molecule has 1 aliphatic heterocycles. The second-order valence-electron chi connectivity index (χ2n) is 3.05. The van der Waals surface area contributed by atoms with Crippen molar-refractivity contribution in [3.05, 3.63) is 22.1 Å². The predicted molar refractivity (Wildman–Crippen MR) is 50.5 cm³/mol. The number of carbonyl (C=O) groups excluding carboxylic acids is 1. The molecular formula is C9H10FNO2S. The molecule has 2 rings (SSSR count). The normalized spacial score (nSPS) is 17.1. The Morgan fingerprint density at radius 3 is 3.00 bits per heavy atom. The monoisotopic (exact) mass is 215 g/mol. The van der Waals surface area contributed by atoms with Gasteiger partial charge in [-0.2, -0.15) is 0 Å². The van der Waals surface area contributed by atoms with Crippen molar-refractivity contribution >= 4 is 17.2 Å². The zero-order valence-electron chi connectivity index (χ0n) is 7.53. The van der Waals surface area contributed by atoms with Crippen molar-refractivity contribution in [1.29, 1.82) is 0 Å². The lowest BCUT2D eigenvalue weighted by Crippen LogP contribution is -2.35. The quantitative estimate of drug-likeness (QED) is 0.717. The number of carbonyl (C=O) groups is 1. The third kappa shape index (κ3) is 1.78. The van der Waals surface area contributed by atoms with Crippen LogP contribution in [0.4, 0.5) is 4.39 Å². The summed E-state index contributed by atoms with van der Waals surface area (Å²) in [6.45, 7) is 1.09. The SMILES string of the molecule is O=C(c1sccc1F)N1CCCCO1. The fraction of sp³-hybridized carbons (Fsp3) is 0.444. The molecule has 0 N–H and O–H groups in total. The van der Waals surface area contributed by atoms with Crippen LogP contribution in [0, 0.1) is 5.82 Å². The van der Waals surface area contributed by atoms with E-state index < -0.39 is 5.82 Å². The maximum absolute atomic E-state index is 13.1. The first kappa shape index (κ1) is 9.61. The molecule has 1 aliphatic rings. The van der Waals surface area contributed by atoms with E-state index in [0.29, 0.717) is 13.2 Å². The molecule has 0 atom stereocenters. The van der Waals surface area contributed by atoms with E-state index in [-0.39, 0.29) is 10.8 Å². The van der Waals surface area contributed by atoms with Crippen LogP contribution in [0.5, 0.6) is 0 Å². The maximum Gasteiger partial charge on any atom is 0.290 e. The number of hydroxylamine groups is 2. The molecule has 5 heteroatoms.